The van der Waals surface area contributed by atoms with Crippen LogP contribution in [0.2, 0.25) is 0 Å². The first-order valence-corrected chi connectivity index (χ1v) is 6.85. The zero-order valence-corrected chi connectivity index (χ0v) is 12.2. The molecule has 0 aliphatic carbocycles. The first kappa shape index (κ1) is 14.2. The van der Waals surface area contributed by atoms with Gasteiger partial charge in [0.25, 0.3) is 5.91 Å². The second-order valence-corrected chi connectivity index (χ2v) is 4.98. The number of pyridine rings is 2. The van der Waals surface area contributed by atoms with E-state index in [1.807, 2.05) is 19.9 Å². The summed E-state index contributed by atoms with van der Waals surface area (Å²) >= 11 is 0. The van der Waals surface area contributed by atoms with E-state index >= 15 is 0 Å². The molecule has 0 fully saturated rings. The van der Waals surface area contributed by atoms with Gasteiger partial charge in [-0.3, -0.25) is 4.79 Å². The molecule has 20 heavy (non-hydrogen) atoms. The van der Waals surface area contributed by atoms with Gasteiger partial charge < -0.3 is 11.1 Å². The van der Waals surface area contributed by atoms with E-state index in [0.717, 1.165) is 29.5 Å². The highest BCUT2D eigenvalue weighted by atomic mass is 16.1. The first-order chi connectivity index (χ1) is 9.52. The molecule has 0 aliphatic rings. The third kappa shape index (κ3) is 2.87. The quantitative estimate of drug-likeness (QED) is 0.837. The van der Waals surface area contributed by atoms with Crippen LogP contribution in [-0.2, 0) is 0 Å². The monoisotopic (exact) mass is 272 g/mol. The number of amides is 1. The Labute approximate surface area is 118 Å². The van der Waals surface area contributed by atoms with Crippen molar-refractivity contribution in [2.45, 2.75) is 33.6 Å². The second-order valence-electron chi connectivity index (χ2n) is 4.98. The predicted octanol–water partition coefficient (Wildman–Crippen LogP) is 2.36. The number of carbonyl (C=O) groups excluding carboxylic acids is 1. The number of aryl methyl sites for hydroxylation is 2. The van der Waals surface area contributed by atoms with Gasteiger partial charge in [0.1, 0.15) is 5.82 Å². The van der Waals surface area contributed by atoms with Crippen molar-refractivity contribution >= 4 is 22.8 Å². The largest absolute Gasteiger partial charge is 0.383 e. The smallest absolute Gasteiger partial charge is 0.255 e. The summed E-state index contributed by atoms with van der Waals surface area (Å²) in [5.41, 5.74) is 8.82. The summed E-state index contributed by atoms with van der Waals surface area (Å²) < 4.78 is 0. The number of carbonyl (C=O) groups is 1. The summed E-state index contributed by atoms with van der Waals surface area (Å²) in [7, 11) is 0. The van der Waals surface area contributed by atoms with E-state index in [1.54, 1.807) is 6.07 Å². The van der Waals surface area contributed by atoms with Crippen molar-refractivity contribution in [1.29, 1.82) is 0 Å². The fraction of sp³-hybridized carbons (Fsp3) is 0.400. The lowest BCUT2D eigenvalue weighted by Crippen LogP contribution is -2.25. The minimum atomic E-state index is -0.176. The lowest BCUT2D eigenvalue weighted by Gasteiger charge is -2.09. The van der Waals surface area contributed by atoms with E-state index in [2.05, 4.69) is 22.2 Å². The molecule has 2 aromatic rings. The zero-order valence-electron chi connectivity index (χ0n) is 12.2. The molecule has 3 N–H and O–H groups in total. The van der Waals surface area contributed by atoms with E-state index in [-0.39, 0.29) is 11.7 Å². The van der Waals surface area contributed by atoms with Gasteiger partial charge in [-0.25, -0.2) is 9.97 Å². The molecule has 0 aliphatic heterocycles. The number of hydrogen-bond donors (Lipinski definition) is 2. The van der Waals surface area contributed by atoms with Crippen molar-refractivity contribution in [3.63, 3.8) is 0 Å². The topological polar surface area (TPSA) is 80.9 Å². The van der Waals surface area contributed by atoms with Crippen molar-refractivity contribution in [1.82, 2.24) is 15.3 Å². The molecule has 2 heterocycles. The molecule has 106 valence electrons. The van der Waals surface area contributed by atoms with Crippen LogP contribution in [0.5, 0.6) is 0 Å². The molecule has 0 bridgehead atoms. The molecule has 2 rings (SSSR count). The van der Waals surface area contributed by atoms with Crippen LogP contribution >= 0.6 is 0 Å². The van der Waals surface area contributed by atoms with Crippen LogP contribution in [0.1, 0.15) is 41.4 Å². The highest BCUT2D eigenvalue weighted by molar-refractivity contribution is 6.01. The van der Waals surface area contributed by atoms with Crippen molar-refractivity contribution in [3.05, 3.63) is 29.0 Å². The van der Waals surface area contributed by atoms with E-state index in [4.69, 9.17) is 5.73 Å². The number of aromatic nitrogens is 2. The Bertz CT molecular complexity index is 652. The Kier molecular flexibility index (Phi) is 4.17. The summed E-state index contributed by atoms with van der Waals surface area (Å²) in [4.78, 5) is 20.7. The number of nitrogen functional groups attached to an aromatic ring is 1. The molecule has 0 radical (unpaired) electrons. The molecule has 0 atom stereocenters. The number of rotatable bonds is 4. The highest BCUT2D eigenvalue weighted by Gasteiger charge is 2.13. The molecule has 0 aromatic carbocycles. The first-order valence-electron chi connectivity index (χ1n) is 6.85. The summed E-state index contributed by atoms with van der Waals surface area (Å²) in [6.07, 6.45) is 1.99. The van der Waals surface area contributed by atoms with Gasteiger partial charge in [-0.15, -0.1) is 0 Å². The summed E-state index contributed by atoms with van der Waals surface area (Å²) in [5.74, 6) is 0.0503. The Balaban J connectivity index is 2.39. The van der Waals surface area contributed by atoms with Gasteiger partial charge in [-0.1, -0.05) is 13.3 Å². The number of nitrogens with one attached hydrogen (secondary N) is 1. The van der Waals surface area contributed by atoms with Gasteiger partial charge in [0, 0.05) is 17.6 Å². The van der Waals surface area contributed by atoms with Crippen LogP contribution in [0.15, 0.2) is 12.1 Å². The van der Waals surface area contributed by atoms with Crippen molar-refractivity contribution < 1.29 is 4.79 Å². The van der Waals surface area contributed by atoms with E-state index in [1.165, 1.54) is 0 Å². The molecule has 1 amide bonds. The lowest BCUT2D eigenvalue weighted by atomic mass is 10.1. The molecule has 0 unspecified atom stereocenters. The summed E-state index contributed by atoms with van der Waals surface area (Å²) in [6.45, 7) is 6.62. The molecule has 0 saturated heterocycles. The van der Waals surface area contributed by atoms with Crippen LogP contribution < -0.4 is 11.1 Å². The maximum Gasteiger partial charge on any atom is 0.255 e. The molecule has 5 heteroatoms. The van der Waals surface area contributed by atoms with E-state index in [0.29, 0.717) is 17.8 Å². The molecule has 2 aromatic heterocycles. The Morgan fingerprint density at radius 2 is 2.05 bits per heavy atom. The Morgan fingerprint density at radius 1 is 1.30 bits per heavy atom. The number of nitrogens with zero attached hydrogens (tertiary/aromatic N) is 2. The standard InChI is InChI=1S/C15H20N4O/c1-4-5-6-17-15(20)12-8-11-9(2)7-10(3)18-14(11)19-13(12)16/h7-8H,4-6H2,1-3H3,(H,17,20)(H2,16,18,19). The summed E-state index contributed by atoms with van der Waals surface area (Å²) in [5, 5.41) is 3.72. The van der Waals surface area contributed by atoms with E-state index in [9.17, 15) is 4.79 Å². The highest BCUT2D eigenvalue weighted by Crippen LogP contribution is 2.21. The van der Waals surface area contributed by atoms with Crippen molar-refractivity contribution in [2.24, 2.45) is 0 Å². The minimum absolute atomic E-state index is 0.176. The van der Waals surface area contributed by atoms with Crippen LogP contribution in [0.4, 0.5) is 5.82 Å². The zero-order chi connectivity index (χ0) is 14.7. The van der Waals surface area contributed by atoms with Gasteiger partial charge in [-0.05, 0) is 38.0 Å². The molecular formula is C15H20N4O. The van der Waals surface area contributed by atoms with Crippen LogP contribution in [-0.4, -0.2) is 22.4 Å². The number of unbranched alkanes of at least 4 members (excludes halogenated alkanes) is 1. The second kappa shape index (κ2) is 5.86. The van der Waals surface area contributed by atoms with Crippen molar-refractivity contribution in [3.8, 4) is 0 Å². The molecule has 5 nitrogen and oxygen atoms in total. The fourth-order valence-electron chi connectivity index (χ4n) is 2.14. The third-order valence-corrected chi connectivity index (χ3v) is 3.22. The van der Waals surface area contributed by atoms with Gasteiger partial charge in [-0.2, -0.15) is 0 Å². The lowest BCUT2D eigenvalue weighted by molar-refractivity contribution is 0.0954. The minimum Gasteiger partial charge on any atom is -0.383 e. The van der Waals surface area contributed by atoms with E-state index < -0.39 is 0 Å². The summed E-state index contributed by atoms with van der Waals surface area (Å²) in [6, 6.07) is 3.75. The van der Waals surface area contributed by atoms with Crippen LogP contribution in [0, 0.1) is 13.8 Å². The maximum absolute atomic E-state index is 12.1. The third-order valence-electron chi connectivity index (χ3n) is 3.22. The number of fused-ring (bicyclic) bond motifs is 1. The molecule has 0 spiro atoms. The fourth-order valence-corrected chi connectivity index (χ4v) is 2.14. The average molecular weight is 272 g/mol. The van der Waals surface area contributed by atoms with Crippen LogP contribution in [0.3, 0.4) is 0 Å². The SMILES string of the molecule is CCCCNC(=O)c1cc2c(C)cc(C)nc2nc1N. The number of nitrogens with two attached hydrogens (primary N) is 1. The van der Waals surface area contributed by atoms with Crippen LogP contribution in [0.25, 0.3) is 11.0 Å². The maximum atomic E-state index is 12.1. The average Bonchev–Trinajstić information content (AvgIpc) is 2.37. The number of hydrogen-bond acceptors (Lipinski definition) is 4. The molecule has 0 saturated carbocycles. The Morgan fingerprint density at radius 3 is 2.75 bits per heavy atom. The normalized spacial score (nSPS) is 10.8. The molecular weight excluding hydrogens is 252 g/mol. The van der Waals surface area contributed by atoms with Gasteiger partial charge in [0.05, 0.1) is 5.56 Å². The predicted molar refractivity (Wildman–Crippen MR) is 80.7 cm³/mol. The van der Waals surface area contributed by atoms with Crippen molar-refractivity contribution in [2.75, 3.05) is 12.3 Å². The van der Waals surface area contributed by atoms with Gasteiger partial charge >= 0.3 is 0 Å². The number of anilines is 1. The Hall–Kier alpha value is -2.17. The van der Waals surface area contributed by atoms with Gasteiger partial charge in [0.2, 0.25) is 0 Å². The van der Waals surface area contributed by atoms with Gasteiger partial charge in [0.15, 0.2) is 5.65 Å².